The van der Waals surface area contributed by atoms with Crippen LogP contribution in [0.1, 0.15) is 83.1 Å². The Bertz CT molecular complexity index is 1430. The number of hydrogen-bond acceptors (Lipinski definition) is 5. The first-order chi connectivity index (χ1) is 18.2. The second kappa shape index (κ2) is 8.68. The van der Waals surface area contributed by atoms with Gasteiger partial charge in [0.15, 0.2) is 0 Å². The molecule has 2 aliphatic rings. The number of benzene rings is 3. The molecule has 3 aromatic rings. The average molecular weight is 528 g/mol. The molecule has 2 heterocycles. The van der Waals surface area contributed by atoms with Gasteiger partial charge in [0, 0.05) is 11.5 Å². The molecule has 0 unspecified atom stereocenters. The van der Waals surface area contributed by atoms with E-state index in [1.165, 1.54) is 0 Å². The lowest BCUT2D eigenvalue weighted by Gasteiger charge is -2.47. The number of carbonyl (C=O) groups excluding carboxylic acids is 2. The van der Waals surface area contributed by atoms with Gasteiger partial charge in [-0.3, -0.25) is 9.59 Å². The summed E-state index contributed by atoms with van der Waals surface area (Å²) in [5, 5.41) is 23.7. The van der Waals surface area contributed by atoms with Crippen molar-refractivity contribution in [3.63, 3.8) is 0 Å². The van der Waals surface area contributed by atoms with Gasteiger partial charge >= 0.3 is 11.7 Å². The van der Waals surface area contributed by atoms with E-state index >= 15 is 0 Å². The molecule has 5 rings (SSSR count). The number of fused-ring (bicyclic) bond motifs is 2. The van der Waals surface area contributed by atoms with Crippen molar-refractivity contribution in [3.05, 3.63) is 89.0 Å². The van der Waals surface area contributed by atoms with Gasteiger partial charge in [0.25, 0.3) is 0 Å². The molecule has 0 aliphatic carbocycles. The summed E-state index contributed by atoms with van der Waals surface area (Å²) in [7, 11) is 0. The number of phenolic OH excluding ortho intramolecular Hbond substituents is 1. The molecule has 0 saturated carbocycles. The molecule has 204 valence electrons. The van der Waals surface area contributed by atoms with E-state index in [2.05, 4.69) is 0 Å². The predicted molar refractivity (Wildman–Crippen MR) is 151 cm³/mol. The van der Waals surface area contributed by atoms with Crippen molar-refractivity contribution in [2.45, 2.75) is 77.4 Å². The third kappa shape index (κ3) is 3.72. The predicted octanol–water partition coefficient (Wildman–Crippen LogP) is 6.17. The van der Waals surface area contributed by atoms with Crippen molar-refractivity contribution >= 4 is 17.5 Å². The van der Waals surface area contributed by atoms with Gasteiger partial charge in [0.05, 0.1) is 5.69 Å². The number of phenols is 1. The average Bonchev–Trinajstić information content (AvgIpc) is 3.04. The van der Waals surface area contributed by atoms with Crippen LogP contribution in [0.3, 0.4) is 0 Å². The molecule has 6 heteroatoms. The van der Waals surface area contributed by atoms with E-state index in [1.807, 2.05) is 72.7 Å². The molecule has 0 aromatic heterocycles. The highest BCUT2D eigenvalue weighted by molar-refractivity contribution is 6.26. The normalized spacial score (nSPS) is 24.8. The summed E-state index contributed by atoms with van der Waals surface area (Å²) in [4.78, 5) is 29.6. The third-order valence-corrected chi connectivity index (χ3v) is 8.32. The van der Waals surface area contributed by atoms with E-state index in [1.54, 1.807) is 42.5 Å². The van der Waals surface area contributed by atoms with Crippen molar-refractivity contribution in [1.29, 1.82) is 0 Å². The Hall–Kier alpha value is -3.64. The van der Waals surface area contributed by atoms with Crippen LogP contribution in [0.15, 0.2) is 66.7 Å². The number of amides is 2. The Morgan fingerprint density at radius 3 is 1.92 bits per heavy atom. The minimum atomic E-state index is -2.42. The van der Waals surface area contributed by atoms with Gasteiger partial charge in [-0.15, -0.1) is 0 Å². The summed E-state index contributed by atoms with van der Waals surface area (Å²) >= 11 is 0. The van der Waals surface area contributed by atoms with Gasteiger partial charge in [0.2, 0.25) is 5.91 Å². The number of aromatic hydroxyl groups is 1. The summed E-state index contributed by atoms with van der Waals surface area (Å²) in [5.74, 6) is -3.87. The zero-order valence-electron chi connectivity index (χ0n) is 23.7. The van der Waals surface area contributed by atoms with E-state index in [0.717, 1.165) is 21.6 Å². The summed E-state index contributed by atoms with van der Waals surface area (Å²) in [6, 6.07) is 19.8. The van der Waals surface area contributed by atoms with Gasteiger partial charge in [0.1, 0.15) is 16.9 Å². The highest BCUT2D eigenvalue weighted by atomic mass is 16.6. The maximum atomic E-state index is 14.5. The van der Waals surface area contributed by atoms with E-state index in [-0.39, 0.29) is 12.2 Å². The van der Waals surface area contributed by atoms with Gasteiger partial charge in [-0.1, -0.05) is 97.0 Å². The van der Waals surface area contributed by atoms with Gasteiger partial charge in [-0.2, -0.15) is 0 Å². The van der Waals surface area contributed by atoms with Crippen LogP contribution in [0.4, 0.5) is 5.69 Å². The molecule has 0 spiro atoms. The van der Waals surface area contributed by atoms with Crippen LogP contribution in [-0.4, -0.2) is 27.8 Å². The Balaban J connectivity index is 1.87. The fourth-order valence-corrected chi connectivity index (χ4v) is 6.31. The van der Waals surface area contributed by atoms with E-state index in [4.69, 9.17) is 4.74 Å². The highest BCUT2D eigenvalue weighted by Crippen LogP contribution is 2.62. The van der Waals surface area contributed by atoms with Crippen LogP contribution in [0.5, 0.6) is 11.5 Å². The molecule has 2 N–H and O–H groups in total. The van der Waals surface area contributed by atoms with Crippen LogP contribution < -0.4 is 9.64 Å². The number of anilines is 1. The maximum absolute atomic E-state index is 14.5. The number of carbonyl (C=O) groups is 2. The monoisotopic (exact) mass is 527 g/mol. The first-order valence-corrected chi connectivity index (χ1v) is 13.5. The van der Waals surface area contributed by atoms with Gasteiger partial charge in [-0.25, -0.2) is 4.90 Å². The molecule has 2 aliphatic heterocycles. The fraction of sp³-hybridized carbons (Fsp3) is 0.394. The Morgan fingerprint density at radius 1 is 0.846 bits per heavy atom. The number of imide groups is 1. The topological polar surface area (TPSA) is 87.1 Å². The lowest BCUT2D eigenvalue weighted by molar-refractivity contribution is -0.214. The molecule has 0 bridgehead atoms. The summed E-state index contributed by atoms with van der Waals surface area (Å²) in [6.07, 6.45) is 0.146. The Morgan fingerprint density at radius 2 is 1.38 bits per heavy atom. The van der Waals surface area contributed by atoms with Crippen molar-refractivity contribution in [3.8, 4) is 11.5 Å². The Labute approximate surface area is 230 Å². The number of nitrogens with zero attached hydrogens (tertiary/aromatic N) is 1. The minimum absolute atomic E-state index is 0.146. The fourth-order valence-electron chi connectivity index (χ4n) is 6.31. The van der Waals surface area contributed by atoms with E-state index < -0.39 is 39.8 Å². The first kappa shape index (κ1) is 26.9. The van der Waals surface area contributed by atoms with E-state index in [9.17, 15) is 19.8 Å². The smallest absolute Gasteiger partial charge is 0.307 e. The summed E-state index contributed by atoms with van der Waals surface area (Å²) in [5.41, 5.74) is 0.847. The van der Waals surface area contributed by atoms with Crippen molar-refractivity contribution in [2.24, 2.45) is 5.41 Å². The van der Waals surface area contributed by atoms with Crippen LogP contribution in [0, 0.1) is 5.41 Å². The summed E-state index contributed by atoms with van der Waals surface area (Å²) < 4.78 is 6.14. The van der Waals surface area contributed by atoms with Crippen LogP contribution in [-0.2, 0) is 20.4 Å². The summed E-state index contributed by atoms with van der Waals surface area (Å²) in [6.45, 7) is 14.0. The molecule has 2 amide bonds. The van der Waals surface area contributed by atoms with Crippen molar-refractivity contribution in [1.82, 2.24) is 0 Å². The first-order valence-electron chi connectivity index (χ1n) is 13.5. The van der Waals surface area contributed by atoms with Crippen LogP contribution in [0.2, 0.25) is 0 Å². The van der Waals surface area contributed by atoms with Gasteiger partial charge in [-0.05, 0) is 52.1 Å². The zero-order chi connectivity index (χ0) is 28.5. The van der Waals surface area contributed by atoms with Gasteiger partial charge < -0.3 is 14.9 Å². The van der Waals surface area contributed by atoms with Crippen LogP contribution >= 0.6 is 0 Å². The quantitative estimate of drug-likeness (QED) is 0.398. The maximum Gasteiger partial charge on any atom is 0.307 e. The molecule has 3 atom stereocenters. The second-order valence-electron chi connectivity index (χ2n) is 12.8. The lowest BCUT2D eigenvalue weighted by atomic mass is 9.60. The minimum Gasteiger partial charge on any atom is -0.507 e. The van der Waals surface area contributed by atoms with Crippen molar-refractivity contribution in [2.75, 3.05) is 4.90 Å². The number of para-hydroxylation sites is 2. The van der Waals surface area contributed by atoms with E-state index in [0.29, 0.717) is 17.0 Å². The number of hydrogen-bond donors (Lipinski definition) is 2. The second-order valence-corrected chi connectivity index (χ2v) is 12.8. The highest BCUT2D eigenvalue weighted by Gasteiger charge is 2.76. The molecular formula is C33H37NO5. The molecule has 3 aromatic carbocycles. The number of rotatable bonds is 3. The number of ether oxygens (including phenoxy) is 1. The Kier molecular flexibility index (Phi) is 6.00. The molecule has 1 fully saturated rings. The van der Waals surface area contributed by atoms with Crippen molar-refractivity contribution < 1.29 is 24.5 Å². The number of aliphatic hydroxyl groups is 1. The molecule has 1 saturated heterocycles. The largest absolute Gasteiger partial charge is 0.507 e. The third-order valence-electron chi connectivity index (χ3n) is 8.32. The lowest BCUT2D eigenvalue weighted by Crippen LogP contribution is -2.60. The molecule has 6 nitrogen and oxygen atoms in total. The SMILES string of the molecule is CC[C@@]12C(=O)N(c3ccccc3)C(=O)[C@]1(O)Oc1ccccc1[C@@H]2c1cc(C(C)(C)C)c(O)c(C(C)(C)C)c1. The molecular weight excluding hydrogens is 490 g/mol. The standard InChI is InChI=1S/C33H37NO5/c1-8-32-26(20-18-23(30(2,3)4)27(35)24(19-20)31(5,6)7)22-16-12-13-17-25(22)39-33(32,38)29(37)34(28(32)36)21-14-10-9-11-15-21/h9-19,26,35,38H,8H2,1-7H3/t26-,32+,33-/m0/s1. The molecule has 0 radical (unpaired) electrons. The zero-order valence-corrected chi connectivity index (χ0v) is 23.7. The van der Waals surface area contributed by atoms with Crippen LogP contribution in [0.25, 0.3) is 0 Å². The molecule has 39 heavy (non-hydrogen) atoms.